The third-order valence-corrected chi connectivity index (χ3v) is 5.86. The normalized spacial score (nSPS) is 22.9. The van der Waals surface area contributed by atoms with E-state index in [9.17, 15) is 9.90 Å². The van der Waals surface area contributed by atoms with Gasteiger partial charge >= 0.3 is 6.09 Å². The van der Waals surface area contributed by atoms with Crippen LogP contribution in [0.3, 0.4) is 0 Å². The number of halogens is 1. The second kappa shape index (κ2) is 7.67. The number of carbonyl (C=O) groups is 1. The number of ether oxygens (including phenoxy) is 1. The van der Waals surface area contributed by atoms with Crippen LogP contribution < -0.4 is 0 Å². The van der Waals surface area contributed by atoms with Crippen molar-refractivity contribution in [2.75, 3.05) is 6.54 Å². The van der Waals surface area contributed by atoms with Crippen molar-refractivity contribution in [2.45, 2.75) is 71.1 Å². The molecule has 4 nitrogen and oxygen atoms in total. The minimum Gasteiger partial charge on any atom is -0.442 e. The van der Waals surface area contributed by atoms with E-state index < -0.39 is 11.2 Å². The molecule has 1 aromatic rings. The second-order valence-corrected chi connectivity index (χ2v) is 8.99. The van der Waals surface area contributed by atoms with Crippen LogP contribution in [0.15, 0.2) is 28.7 Å². The number of benzene rings is 1. The summed E-state index contributed by atoms with van der Waals surface area (Å²) in [4.78, 5) is 14.6. The fourth-order valence-corrected chi connectivity index (χ4v) is 3.61. The molecule has 1 aliphatic heterocycles. The highest BCUT2D eigenvalue weighted by Gasteiger charge is 2.44. The molecule has 1 amide bonds. The summed E-state index contributed by atoms with van der Waals surface area (Å²) in [6.07, 6.45) is 1.82. The molecule has 25 heavy (non-hydrogen) atoms. The summed E-state index contributed by atoms with van der Waals surface area (Å²) in [6, 6.07) is 8.01. The number of rotatable bonds is 6. The lowest BCUT2D eigenvalue weighted by atomic mass is 9.79. The molecule has 1 N–H and O–H groups in total. The second-order valence-electron chi connectivity index (χ2n) is 8.07. The van der Waals surface area contributed by atoms with Crippen molar-refractivity contribution in [2.24, 2.45) is 5.92 Å². The van der Waals surface area contributed by atoms with Gasteiger partial charge < -0.3 is 14.7 Å². The maximum absolute atomic E-state index is 12.8. The van der Waals surface area contributed by atoms with E-state index in [1.807, 2.05) is 31.2 Å². The van der Waals surface area contributed by atoms with E-state index in [-0.39, 0.29) is 18.1 Å². The van der Waals surface area contributed by atoms with Crippen LogP contribution in [0.2, 0.25) is 0 Å². The zero-order valence-electron chi connectivity index (χ0n) is 15.9. The first kappa shape index (κ1) is 20.2. The van der Waals surface area contributed by atoms with Crippen molar-refractivity contribution in [1.29, 1.82) is 0 Å². The monoisotopic (exact) mass is 411 g/mol. The molecule has 140 valence electrons. The molecule has 1 unspecified atom stereocenters. The summed E-state index contributed by atoms with van der Waals surface area (Å²) >= 11 is 3.44. The van der Waals surface area contributed by atoms with Crippen LogP contribution >= 0.6 is 15.9 Å². The molecule has 0 radical (unpaired) electrons. The summed E-state index contributed by atoms with van der Waals surface area (Å²) in [5.74, 6) is 0.212. The Kier molecular flexibility index (Phi) is 6.21. The number of cyclic esters (lactones) is 1. The third kappa shape index (κ3) is 4.98. The zero-order chi connectivity index (χ0) is 18.8. The summed E-state index contributed by atoms with van der Waals surface area (Å²) in [5.41, 5.74) is -0.155. The SMILES string of the molecule is CC(c1ccc(Br)cc1)N1CC[C@@](CCC(C)(C)O)(C(C)C)OC1=O. The van der Waals surface area contributed by atoms with E-state index in [2.05, 4.69) is 29.8 Å². The molecule has 2 rings (SSSR count). The highest BCUT2D eigenvalue weighted by atomic mass is 79.9. The van der Waals surface area contributed by atoms with Gasteiger partial charge in [0.15, 0.2) is 0 Å². The van der Waals surface area contributed by atoms with Crippen LogP contribution in [0.5, 0.6) is 0 Å². The zero-order valence-corrected chi connectivity index (χ0v) is 17.5. The van der Waals surface area contributed by atoms with Crippen molar-refractivity contribution < 1.29 is 14.6 Å². The van der Waals surface area contributed by atoms with Gasteiger partial charge in [0.2, 0.25) is 0 Å². The van der Waals surface area contributed by atoms with E-state index in [1.165, 1.54) is 0 Å². The minimum atomic E-state index is -0.754. The van der Waals surface area contributed by atoms with Gasteiger partial charge in [-0.25, -0.2) is 4.79 Å². The van der Waals surface area contributed by atoms with Gasteiger partial charge in [0, 0.05) is 17.4 Å². The summed E-state index contributed by atoms with van der Waals surface area (Å²) in [7, 11) is 0. The molecular formula is C20H30BrNO3. The Morgan fingerprint density at radius 2 is 1.88 bits per heavy atom. The Bertz CT molecular complexity index is 594. The third-order valence-electron chi connectivity index (χ3n) is 5.33. The van der Waals surface area contributed by atoms with Gasteiger partial charge in [-0.15, -0.1) is 0 Å². The Hall–Kier alpha value is -1.07. The lowest BCUT2D eigenvalue weighted by Crippen LogP contribution is -2.53. The van der Waals surface area contributed by atoms with E-state index >= 15 is 0 Å². The minimum absolute atomic E-state index is 0.0277. The van der Waals surface area contributed by atoms with E-state index in [4.69, 9.17) is 4.74 Å². The van der Waals surface area contributed by atoms with E-state index in [1.54, 1.807) is 18.7 Å². The molecule has 1 aromatic carbocycles. The van der Waals surface area contributed by atoms with E-state index in [0.717, 1.165) is 16.5 Å². The standard InChI is InChI=1S/C20H30BrNO3/c1-14(2)20(11-10-19(4,5)24)12-13-22(18(23)25-20)15(3)16-6-8-17(21)9-7-16/h6-9,14-15,24H,10-13H2,1-5H3/t15?,20-/m0/s1. The lowest BCUT2D eigenvalue weighted by molar-refractivity contribution is -0.0968. The molecule has 0 aromatic heterocycles. The molecule has 1 heterocycles. The lowest BCUT2D eigenvalue weighted by Gasteiger charge is -2.46. The van der Waals surface area contributed by atoms with Crippen LogP contribution in [0.25, 0.3) is 0 Å². The predicted octanol–water partition coefficient (Wildman–Crippen LogP) is 5.30. The Morgan fingerprint density at radius 3 is 2.36 bits per heavy atom. The van der Waals surface area contributed by atoms with Crippen molar-refractivity contribution in [1.82, 2.24) is 4.90 Å². The smallest absolute Gasteiger partial charge is 0.410 e. The Balaban J connectivity index is 2.11. The first-order valence-corrected chi connectivity index (χ1v) is 9.81. The molecule has 1 aliphatic rings. The number of hydrogen-bond acceptors (Lipinski definition) is 3. The molecule has 0 aliphatic carbocycles. The Morgan fingerprint density at radius 1 is 1.28 bits per heavy atom. The van der Waals surface area contributed by atoms with Crippen LogP contribution in [0, 0.1) is 5.92 Å². The maximum Gasteiger partial charge on any atom is 0.410 e. The van der Waals surface area contributed by atoms with E-state index in [0.29, 0.717) is 19.4 Å². The van der Waals surface area contributed by atoms with Crippen molar-refractivity contribution in [3.8, 4) is 0 Å². The molecule has 0 saturated carbocycles. The fourth-order valence-electron chi connectivity index (χ4n) is 3.35. The average molecular weight is 412 g/mol. The van der Waals surface area contributed by atoms with Crippen LogP contribution in [0.4, 0.5) is 4.79 Å². The average Bonchev–Trinajstić information content (AvgIpc) is 2.52. The van der Waals surface area contributed by atoms with Gasteiger partial charge in [-0.1, -0.05) is 41.9 Å². The summed E-state index contributed by atoms with van der Waals surface area (Å²) < 4.78 is 7.00. The maximum atomic E-state index is 12.8. The first-order valence-electron chi connectivity index (χ1n) is 9.01. The quantitative estimate of drug-likeness (QED) is 0.690. The van der Waals surface area contributed by atoms with Gasteiger partial charge in [-0.05, 0) is 57.2 Å². The molecule has 0 spiro atoms. The highest BCUT2D eigenvalue weighted by molar-refractivity contribution is 9.10. The molecule has 1 fully saturated rings. The van der Waals surface area contributed by atoms with Crippen LogP contribution in [-0.4, -0.2) is 33.8 Å². The van der Waals surface area contributed by atoms with Crippen LogP contribution in [-0.2, 0) is 4.74 Å². The van der Waals surface area contributed by atoms with Crippen LogP contribution in [0.1, 0.15) is 65.5 Å². The largest absolute Gasteiger partial charge is 0.442 e. The van der Waals surface area contributed by atoms with Gasteiger partial charge in [0.25, 0.3) is 0 Å². The predicted molar refractivity (Wildman–Crippen MR) is 103 cm³/mol. The summed E-state index contributed by atoms with van der Waals surface area (Å²) in [5, 5.41) is 10.1. The van der Waals surface area contributed by atoms with Crippen molar-refractivity contribution in [3.05, 3.63) is 34.3 Å². The number of hydrogen-bond donors (Lipinski definition) is 1. The fraction of sp³-hybridized carbons (Fsp3) is 0.650. The number of aliphatic hydroxyl groups is 1. The Labute approximate surface area is 159 Å². The van der Waals surface area contributed by atoms with Gasteiger partial charge in [-0.3, -0.25) is 0 Å². The highest BCUT2D eigenvalue weighted by Crippen LogP contribution is 2.39. The topological polar surface area (TPSA) is 49.8 Å². The molecule has 5 heteroatoms. The van der Waals surface area contributed by atoms with Gasteiger partial charge in [0.1, 0.15) is 5.60 Å². The van der Waals surface area contributed by atoms with Crippen molar-refractivity contribution in [3.63, 3.8) is 0 Å². The molecular weight excluding hydrogens is 382 g/mol. The number of nitrogens with zero attached hydrogens (tertiary/aromatic N) is 1. The summed E-state index contributed by atoms with van der Waals surface area (Å²) in [6.45, 7) is 10.5. The van der Waals surface area contributed by atoms with Gasteiger partial charge in [-0.2, -0.15) is 0 Å². The molecule has 0 bridgehead atoms. The van der Waals surface area contributed by atoms with Gasteiger partial charge in [0.05, 0.1) is 11.6 Å². The number of amides is 1. The molecule has 2 atom stereocenters. The van der Waals surface area contributed by atoms with Crippen molar-refractivity contribution >= 4 is 22.0 Å². The number of carbonyl (C=O) groups excluding carboxylic acids is 1. The first-order chi connectivity index (χ1) is 11.5. The molecule has 1 saturated heterocycles.